The fraction of sp³-hybridized carbons (Fsp3) is 0.667. The fourth-order valence-corrected chi connectivity index (χ4v) is 1.78. The summed E-state index contributed by atoms with van der Waals surface area (Å²) in [5.41, 5.74) is 1.19. The fourth-order valence-electron chi connectivity index (χ4n) is 1.78. The zero-order valence-electron chi connectivity index (χ0n) is 7.77. The lowest BCUT2D eigenvalue weighted by atomic mass is 10.0. The van der Waals surface area contributed by atoms with Gasteiger partial charge in [0, 0.05) is 37.9 Å². The van der Waals surface area contributed by atoms with E-state index in [1.807, 2.05) is 17.8 Å². The molecule has 1 aromatic heterocycles. The molecule has 2 rings (SSSR count). The summed E-state index contributed by atoms with van der Waals surface area (Å²) in [7, 11) is 1.98. The molecule has 0 radical (unpaired) electrons. The van der Waals surface area contributed by atoms with Crippen LogP contribution in [0.2, 0.25) is 0 Å². The molecule has 0 bridgehead atoms. The summed E-state index contributed by atoms with van der Waals surface area (Å²) in [4.78, 5) is 4.05. The average Bonchev–Trinajstić information content (AvgIpc) is 2.65. The first-order valence-electron chi connectivity index (χ1n) is 4.61. The standard InChI is InChI=1S/C9H15N3O/c1-12-6-11-4-8(12)2-7-3-10-5-9(7)13/h4,6-7,9-10,13H,2-3,5H2,1H3. The summed E-state index contributed by atoms with van der Waals surface area (Å²) >= 11 is 0. The number of aryl methyl sites for hydroxylation is 1. The molecular formula is C9H15N3O. The van der Waals surface area contributed by atoms with Gasteiger partial charge in [-0.2, -0.15) is 0 Å². The summed E-state index contributed by atoms with van der Waals surface area (Å²) in [5.74, 6) is 0.343. The Morgan fingerprint density at radius 2 is 2.54 bits per heavy atom. The van der Waals surface area contributed by atoms with E-state index in [9.17, 15) is 5.11 Å². The Kier molecular flexibility index (Phi) is 2.33. The topological polar surface area (TPSA) is 50.1 Å². The van der Waals surface area contributed by atoms with E-state index in [1.54, 1.807) is 6.33 Å². The van der Waals surface area contributed by atoms with E-state index in [4.69, 9.17) is 0 Å². The lowest BCUT2D eigenvalue weighted by Gasteiger charge is -2.12. The SMILES string of the molecule is Cn1cncc1CC1CNCC1O. The number of aliphatic hydroxyl groups is 1. The van der Waals surface area contributed by atoms with Crippen LogP contribution in [0.15, 0.2) is 12.5 Å². The van der Waals surface area contributed by atoms with Crippen LogP contribution >= 0.6 is 0 Å². The Balaban J connectivity index is 2.01. The first kappa shape index (κ1) is 8.72. The molecule has 0 amide bonds. The number of nitrogens with one attached hydrogen (secondary N) is 1. The highest BCUT2D eigenvalue weighted by atomic mass is 16.3. The minimum Gasteiger partial charge on any atom is -0.391 e. The molecule has 1 fully saturated rings. The van der Waals surface area contributed by atoms with Crippen LogP contribution in [0.25, 0.3) is 0 Å². The van der Waals surface area contributed by atoms with E-state index < -0.39 is 0 Å². The molecule has 2 unspecified atom stereocenters. The van der Waals surface area contributed by atoms with Crippen molar-refractivity contribution in [1.82, 2.24) is 14.9 Å². The quantitative estimate of drug-likeness (QED) is 0.649. The van der Waals surface area contributed by atoms with Crippen molar-refractivity contribution in [2.45, 2.75) is 12.5 Å². The third kappa shape index (κ3) is 1.73. The van der Waals surface area contributed by atoms with Crippen LogP contribution < -0.4 is 5.32 Å². The van der Waals surface area contributed by atoms with E-state index >= 15 is 0 Å². The zero-order chi connectivity index (χ0) is 9.26. The number of rotatable bonds is 2. The van der Waals surface area contributed by atoms with Gasteiger partial charge >= 0.3 is 0 Å². The summed E-state index contributed by atoms with van der Waals surface area (Å²) in [6.07, 6.45) is 4.37. The summed E-state index contributed by atoms with van der Waals surface area (Å²) in [6, 6.07) is 0. The number of aliphatic hydroxyl groups excluding tert-OH is 1. The third-order valence-electron chi connectivity index (χ3n) is 2.69. The number of nitrogens with zero attached hydrogens (tertiary/aromatic N) is 2. The van der Waals surface area contributed by atoms with Crippen LogP contribution in [0.4, 0.5) is 0 Å². The molecule has 2 N–H and O–H groups in total. The highest BCUT2D eigenvalue weighted by Crippen LogP contribution is 2.14. The van der Waals surface area contributed by atoms with Crippen molar-refractivity contribution in [3.05, 3.63) is 18.2 Å². The summed E-state index contributed by atoms with van der Waals surface area (Å²) < 4.78 is 2.00. The molecule has 1 saturated heterocycles. The van der Waals surface area contributed by atoms with Gasteiger partial charge in [-0.25, -0.2) is 4.98 Å². The second-order valence-corrected chi connectivity index (χ2v) is 3.69. The Labute approximate surface area is 77.6 Å². The number of imidazole rings is 1. The van der Waals surface area contributed by atoms with Crippen LogP contribution in [-0.4, -0.2) is 33.9 Å². The van der Waals surface area contributed by atoms with Gasteiger partial charge in [0.05, 0.1) is 12.4 Å². The van der Waals surface area contributed by atoms with Crippen molar-refractivity contribution >= 4 is 0 Å². The molecular weight excluding hydrogens is 166 g/mol. The molecule has 0 aromatic carbocycles. The predicted octanol–water partition coefficient (Wildman–Crippen LogP) is -0.457. The van der Waals surface area contributed by atoms with Crippen LogP contribution in [0.5, 0.6) is 0 Å². The van der Waals surface area contributed by atoms with Crippen molar-refractivity contribution in [3.63, 3.8) is 0 Å². The molecule has 4 heteroatoms. The third-order valence-corrected chi connectivity index (χ3v) is 2.69. The Morgan fingerprint density at radius 1 is 1.69 bits per heavy atom. The van der Waals surface area contributed by atoms with Gasteiger partial charge in [0.15, 0.2) is 0 Å². The van der Waals surface area contributed by atoms with Gasteiger partial charge in [-0.3, -0.25) is 0 Å². The van der Waals surface area contributed by atoms with Crippen LogP contribution in [-0.2, 0) is 13.5 Å². The monoisotopic (exact) mass is 181 g/mol. The number of hydrogen-bond donors (Lipinski definition) is 2. The molecule has 2 atom stereocenters. The molecule has 0 aliphatic carbocycles. The van der Waals surface area contributed by atoms with Crippen molar-refractivity contribution in [1.29, 1.82) is 0 Å². The van der Waals surface area contributed by atoms with Gasteiger partial charge in [-0.15, -0.1) is 0 Å². The zero-order valence-corrected chi connectivity index (χ0v) is 7.77. The number of aromatic nitrogens is 2. The van der Waals surface area contributed by atoms with Crippen molar-refractivity contribution < 1.29 is 5.11 Å². The molecule has 0 spiro atoms. The number of hydrogen-bond acceptors (Lipinski definition) is 3. The van der Waals surface area contributed by atoms with Gasteiger partial charge in [-0.1, -0.05) is 0 Å². The van der Waals surface area contributed by atoms with E-state index in [1.165, 1.54) is 5.69 Å². The van der Waals surface area contributed by atoms with Gasteiger partial charge in [0.25, 0.3) is 0 Å². The van der Waals surface area contributed by atoms with Gasteiger partial charge < -0.3 is 15.0 Å². The molecule has 1 aromatic rings. The maximum absolute atomic E-state index is 9.59. The molecule has 72 valence electrons. The van der Waals surface area contributed by atoms with Gasteiger partial charge in [0.2, 0.25) is 0 Å². The average molecular weight is 181 g/mol. The van der Waals surface area contributed by atoms with Gasteiger partial charge in [0.1, 0.15) is 0 Å². The molecule has 13 heavy (non-hydrogen) atoms. The lowest BCUT2D eigenvalue weighted by Crippen LogP contribution is -2.20. The molecule has 0 saturated carbocycles. The lowest BCUT2D eigenvalue weighted by molar-refractivity contribution is 0.147. The highest BCUT2D eigenvalue weighted by Gasteiger charge is 2.25. The maximum atomic E-state index is 9.59. The van der Waals surface area contributed by atoms with Crippen LogP contribution in [0, 0.1) is 5.92 Å². The highest BCUT2D eigenvalue weighted by molar-refractivity contribution is 5.01. The van der Waals surface area contributed by atoms with Crippen LogP contribution in [0.1, 0.15) is 5.69 Å². The summed E-state index contributed by atoms with van der Waals surface area (Å²) in [6.45, 7) is 1.63. The predicted molar refractivity (Wildman–Crippen MR) is 49.3 cm³/mol. The smallest absolute Gasteiger partial charge is 0.0945 e. The second-order valence-electron chi connectivity index (χ2n) is 3.69. The van der Waals surface area contributed by atoms with Crippen molar-refractivity contribution in [3.8, 4) is 0 Å². The normalized spacial score (nSPS) is 28.2. The molecule has 1 aliphatic rings. The molecule has 1 aliphatic heterocycles. The number of β-amino-alcohol motifs (C(OH)–C–C–N with tert-alkyl or cyclic N) is 1. The Bertz CT molecular complexity index is 284. The molecule has 2 heterocycles. The first-order valence-corrected chi connectivity index (χ1v) is 4.61. The second kappa shape index (κ2) is 3.47. The van der Waals surface area contributed by atoms with E-state index in [-0.39, 0.29) is 6.10 Å². The van der Waals surface area contributed by atoms with E-state index in [2.05, 4.69) is 10.3 Å². The van der Waals surface area contributed by atoms with Crippen LogP contribution in [0.3, 0.4) is 0 Å². The van der Waals surface area contributed by atoms with Gasteiger partial charge in [-0.05, 0) is 6.42 Å². The minimum atomic E-state index is -0.199. The van der Waals surface area contributed by atoms with E-state index in [0.29, 0.717) is 5.92 Å². The van der Waals surface area contributed by atoms with Crippen molar-refractivity contribution in [2.24, 2.45) is 13.0 Å². The van der Waals surface area contributed by atoms with Crippen molar-refractivity contribution in [2.75, 3.05) is 13.1 Å². The minimum absolute atomic E-state index is 0.199. The molecule has 4 nitrogen and oxygen atoms in total. The Morgan fingerprint density at radius 3 is 3.08 bits per heavy atom. The first-order chi connectivity index (χ1) is 6.27. The van der Waals surface area contributed by atoms with E-state index in [0.717, 1.165) is 19.5 Å². The largest absolute Gasteiger partial charge is 0.391 e. The maximum Gasteiger partial charge on any atom is 0.0945 e. The Hall–Kier alpha value is -0.870. The summed E-state index contributed by atoms with van der Waals surface area (Å²) in [5, 5.41) is 12.8.